The summed E-state index contributed by atoms with van der Waals surface area (Å²) in [4.78, 5) is 21.1. The maximum Gasteiger partial charge on any atom is 0.266 e. The molecule has 0 unspecified atom stereocenters. The molecule has 4 nitrogen and oxygen atoms in total. The van der Waals surface area contributed by atoms with Gasteiger partial charge in [0.15, 0.2) is 0 Å². The largest absolute Gasteiger partial charge is 0.397 e. The lowest BCUT2D eigenvalue weighted by molar-refractivity contribution is 0.0730. The topological polar surface area (TPSA) is 59.2 Å². The molecule has 2 aromatic heterocycles. The number of nitrogens with zero attached hydrogens (tertiary/aromatic N) is 2. The quantitative estimate of drug-likeness (QED) is 0.720. The van der Waals surface area contributed by atoms with Crippen LogP contribution in [0.1, 0.15) is 40.1 Å². The van der Waals surface area contributed by atoms with Crippen LogP contribution in [0.3, 0.4) is 0 Å². The van der Waals surface area contributed by atoms with Crippen molar-refractivity contribution in [2.24, 2.45) is 0 Å². The van der Waals surface area contributed by atoms with Crippen LogP contribution in [-0.2, 0) is 0 Å². The van der Waals surface area contributed by atoms with E-state index in [1.165, 1.54) is 23.3 Å². The van der Waals surface area contributed by atoms with Gasteiger partial charge in [0.1, 0.15) is 9.71 Å². The molecular weight excluding hydrogens is 318 g/mol. The van der Waals surface area contributed by atoms with Crippen LogP contribution in [0.4, 0.5) is 5.69 Å². The average Bonchev–Trinajstić information content (AvgIpc) is 2.93. The Hall–Kier alpha value is -2.14. The number of aryl methyl sites for hydroxylation is 2. The minimum absolute atomic E-state index is 0.0627. The van der Waals surface area contributed by atoms with Gasteiger partial charge in [-0.25, -0.2) is 4.98 Å². The highest BCUT2D eigenvalue weighted by Gasteiger charge is 2.24. The van der Waals surface area contributed by atoms with Crippen LogP contribution in [0.2, 0.25) is 0 Å². The highest BCUT2D eigenvalue weighted by atomic mass is 32.1. The number of aromatic nitrogens is 1. The number of amides is 1. The van der Waals surface area contributed by atoms with Gasteiger partial charge in [0.05, 0.1) is 11.2 Å². The lowest BCUT2D eigenvalue weighted by atomic mass is 10.0. The van der Waals surface area contributed by atoms with Crippen LogP contribution in [0, 0.1) is 13.8 Å². The van der Waals surface area contributed by atoms with Crippen LogP contribution in [0.5, 0.6) is 0 Å². The van der Waals surface area contributed by atoms with Gasteiger partial charge in [-0.2, -0.15) is 0 Å². The Bertz CT molecular complexity index is 954. The predicted octanol–water partition coefficient (Wildman–Crippen LogP) is 4.27. The van der Waals surface area contributed by atoms with E-state index in [4.69, 9.17) is 10.7 Å². The second-order valence-corrected chi connectivity index (χ2v) is 7.63. The standard InChI is InChI=1S/C19H21N3OS/c1-11-6-7-12(2)16-13(11)10-14-15(20)17(24-18(14)21-16)19(23)22-8-4-3-5-9-22/h6-7,10H,3-5,8-9,20H2,1-2H3. The molecule has 124 valence electrons. The third-order valence-electron chi connectivity index (χ3n) is 4.94. The van der Waals surface area contributed by atoms with Crippen molar-refractivity contribution in [3.63, 3.8) is 0 Å². The first-order chi connectivity index (χ1) is 11.6. The molecule has 0 spiro atoms. The van der Waals surface area contributed by atoms with E-state index in [0.717, 1.165) is 52.6 Å². The average molecular weight is 339 g/mol. The molecule has 0 radical (unpaired) electrons. The zero-order valence-electron chi connectivity index (χ0n) is 14.1. The number of piperidine rings is 1. The summed E-state index contributed by atoms with van der Waals surface area (Å²) in [5.41, 5.74) is 10.3. The zero-order chi connectivity index (χ0) is 16.8. The Morgan fingerprint density at radius 3 is 2.58 bits per heavy atom. The van der Waals surface area contributed by atoms with E-state index in [-0.39, 0.29) is 5.91 Å². The second-order valence-electron chi connectivity index (χ2n) is 6.63. The fraction of sp³-hybridized carbons (Fsp3) is 0.368. The van der Waals surface area contributed by atoms with Gasteiger partial charge in [-0.05, 0) is 50.3 Å². The maximum atomic E-state index is 12.8. The number of hydrogen-bond donors (Lipinski definition) is 1. The van der Waals surface area contributed by atoms with Crippen molar-refractivity contribution in [1.82, 2.24) is 9.88 Å². The van der Waals surface area contributed by atoms with Crippen molar-refractivity contribution in [2.45, 2.75) is 33.1 Å². The normalized spacial score (nSPS) is 15.3. The van der Waals surface area contributed by atoms with E-state index in [0.29, 0.717) is 10.6 Å². The van der Waals surface area contributed by atoms with Crippen molar-refractivity contribution >= 4 is 44.1 Å². The molecule has 1 fully saturated rings. The summed E-state index contributed by atoms with van der Waals surface area (Å²) in [7, 11) is 0. The molecule has 1 aliphatic heterocycles. The summed E-state index contributed by atoms with van der Waals surface area (Å²) in [6.07, 6.45) is 3.37. The Balaban J connectivity index is 1.87. The summed E-state index contributed by atoms with van der Waals surface area (Å²) in [5.74, 6) is 0.0627. The Morgan fingerprint density at radius 1 is 1.12 bits per heavy atom. The van der Waals surface area contributed by atoms with E-state index in [9.17, 15) is 4.79 Å². The Morgan fingerprint density at radius 2 is 1.83 bits per heavy atom. The molecule has 1 aromatic carbocycles. The molecule has 0 bridgehead atoms. The summed E-state index contributed by atoms with van der Waals surface area (Å²) in [6.45, 7) is 5.81. The minimum Gasteiger partial charge on any atom is -0.397 e. The number of nitrogens with two attached hydrogens (primary N) is 1. The molecule has 1 amide bonds. The number of benzene rings is 1. The van der Waals surface area contributed by atoms with Gasteiger partial charge < -0.3 is 10.6 Å². The smallest absolute Gasteiger partial charge is 0.266 e. The summed E-state index contributed by atoms with van der Waals surface area (Å²) in [5, 5.41) is 2.02. The van der Waals surface area contributed by atoms with Gasteiger partial charge in [-0.3, -0.25) is 4.79 Å². The van der Waals surface area contributed by atoms with E-state index in [1.807, 2.05) is 4.90 Å². The Labute approximate surface area is 145 Å². The van der Waals surface area contributed by atoms with Crippen LogP contribution in [-0.4, -0.2) is 28.9 Å². The van der Waals surface area contributed by atoms with E-state index in [2.05, 4.69) is 32.0 Å². The molecule has 3 aromatic rings. The molecule has 0 atom stereocenters. The second kappa shape index (κ2) is 5.74. The van der Waals surface area contributed by atoms with E-state index < -0.39 is 0 Å². The van der Waals surface area contributed by atoms with Crippen LogP contribution in [0.15, 0.2) is 18.2 Å². The van der Waals surface area contributed by atoms with Crippen molar-refractivity contribution in [1.29, 1.82) is 0 Å². The summed E-state index contributed by atoms with van der Waals surface area (Å²) < 4.78 is 0. The number of pyridine rings is 1. The van der Waals surface area contributed by atoms with Gasteiger partial charge in [0.2, 0.25) is 0 Å². The molecule has 1 saturated heterocycles. The number of likely N-dealkylation sites (tertiary alicyclic amines) is 1. The number of hydrogen-bond acceptors (Lipinski definition) is 4. The van der Waals surface area contributed by atoms with Crippen molar-refractivity contribution in [3.8, 4) is 0 Å². The van der Waals surface area contributed by atoms with Gasteiger partial charge in [0.25, 0.3) is 5.91 Å². The number of nitrogen functional groups attached to an aromatic ring is 1. The van der Waals surface area contributed by atoms with Gasteiger partial charge in [-0.1, -0.05) is 12.1 Å². The molecule has 4 rings (SSSR count). The highest BCUT2D eigenvalue weighted by molar-refractivity contribution is 7.21. The van der Waals surface area contributed by atoms with Gasteiger partial charge in [-0.15, -0.1) is 11.3 Å². The third-order valence-corrected chi connectivity index (χ3v) is 6.04. The van der Waals surface area contributed by atoms with E-state index >= 15 is 0 Å². The van der Waals surface area contributed by atoms with Crippen molar-refractivity contribution in [2.75, 3.05) is 18.8 Å². The van der Waals surface area contributed by atoms with E-state index in [1.54, 1.807) is 0 Å². The lowest BCUT2D eigenvalue weighted by Crippen LogP contribution is -2.35. The third kappa shape index (κ3) is 2.35. The minimum atomic E-state index is 0.0627. The number of fused-ring (bicyclic) bond motifs is 2. The molecule has 3 heterocycles. The fourth-order valence-electron chi connectivity index (χ4n) is 3.46. The first-order valence-corrected chi connectivity index (χ1v) is 9.26. The monoisotopic (exact) mass is 339 g/mol. The fourth-order valence-corrected chi connectivity index (χ4v) is 4.51. The summed E-state index contributed by atoms with van der Waals surface area (Å²) in [6, 6.07) is 6.29. The van der Waals surface area contributed by atoms with Crippen LogP contribution >= 0.6 is 11.3 Å². The number of anilines is 1. The molecule has 0 aliphatic carbocycles. The molecule has 5 heteroatoms. The zero-order valence-corrected chi connectivity index (χ0v) is 14.9. The predicted molar refractivity (Wildman–Crippen MR) is 101 cm³/mol. The van der Waals surface area contributed by atoms with Crippen molar-refractivity contribution < 1.29 is 4.79 Å². The van der Waals surface area contributed by atoms with Gasteiger partial charge in [0, 0.05) is 23.9 Å². The Kier molecular flexibility index (Phi) is 3.68. The first-order valence-electron chi connectivity index (χ1n) is 8.44. The number of carbonyl (C=O) groups excluding carboxylic acids is 1. The molecule has 24 heavy (non-hydrogen) atoms. The number of thiophene rings is 1. The molecule has 0 saturated carbocycles. The van der Waals surface area contributed by atoms with Gasteiger partial charge >= 0.3 is 0 Å². The molecule has 1 aliphatic rings. The molecular formula is C19H21N3OS. The van der Waals surface area contributed by atoms with Crippen LogP contribution < -0.4 is 5.73 Å². The summed E-state index contributed by atoms with van der Waals surface area (Å²) >= 11 is 1.43. The lowest BCUT2D eigenvalue weighted by Gasteiger charge is -2.26. The SMILES string of the molecule is Cc1ccc(C)c2nc3sc(C(=O)N4CCCCC4)c(N)c3cc12. The highest BCUT2D eigenvalue weighted by Crippen LogP contribution is 2.36. The number of rotatable bonds is 1. The first kappa shape index (κ1) is 15.4. The van der Waals surface area contributed by atoms with Crippen molar-refractivity contribution in [3.05, 3.63) is 34.2 Å². The number of carbonyl (C=O) groups is 1. The molecule has 2 N–H and O–H groups in total. The maximum absolute atomic E-state index is 12.8. The van der Waals surface area contributed by atoms with Crippen LogP contribution in [0.25, 0.3) is 21.1 Å².